The van der Waals surface area contributed by atoms with Crippen LogP contribution in [0.2, 0.25) is 0 Å². The number of hydrogen-bond donors (Lipinski definition) is 1. The van der Waals surface area contributed by atoms with Crippen LogP contribution in [0, 0.1) is 6.92 Å². The van der Waals surface area contributed by atoms with E-state index in [-0.39, 0.29) is 0 Å². The molecule has 0 saturated carbocycles. The minimum atomic E-state index is 0.413. The molecule has 76 valence electrons. The van der Waals surface area contributed by atoms with Gasteiger partial charge >= 0.3 is 0 Å². The number of nitrogens with zero attached hydrogens (tertiary/aromatic N) is 4. The molecule has 0 amide bonds. The normalized spacial score (nSPS) is 10.3. The van der Waals surface area contributed by atoms with Gasteiger partial charge in [-0.05, 0) is 28.9 Å². The Hall–Kier alpha value is -1.56. The fourth-order valence-corrected chi connectivity index (χ4v) is 1.30. The molecule has 0 unspecified atom stereocenters. The number of anilines is 1. The van der Waals surface area contributed by atoms with Crippen LogP contribution in [-0.2, 0) is 0 Å². The summed E-state index contributed by atoms with van der Waals surface area (Å²) >= 11 is 3.30. The topological polar surface area (TPSA) is 77.6 Å². The van der Waals surface area contributed by atoms with Crippen molar-refractivity contribution in [2.75, 3.05) is 5.73 Å². The van der Waals surface area contributed by atoms with Crippen molar-refractivity contribution in [3.8, 4) is 11.5 Å². The summed E-state index contributed by atoms with van der Waals surface area (Å²) in [4.78, 5) is 16.3. The van der Waals surface area contributed by atoms with Gasteiger partial charge in [-0.1, -0.05) is 0 Å². The number of rotatable bonds is 1. The first-order chi connectivity index (χ1) is 7.18. The number of halogens is 1. The molecular weight excluding hydrogens is 258 g/mol. The lowest BCUT2D eigenvalue weighted by molar-refractivity contribution is 1.06. The summed E-state index contributed by atoms with van der Waals surface area (Å²) < 4.78 is 0.723. The average Bonchev–Trinajstić information content (AvgIpc) is 2.26. The van der Waals surface area contributed by atoms with Crippen LogP contribution in [0.3, 0.4) is 0 Å². The first kappa shape index (κ1) is 9.97. The van der Waals surface area contributed by atoms with Crippen molar-refractivity contribution in [3.63, 3.8) is 0 Å². The summed E-state index contributed by atoms with van der Waals surface area (Å²) in [6.45, 7) is 1.85. The van der Waals surface area contributed by atoms with E-state index in [1.54, 1.807) is 12.3 Å². The van der Waals surface area contributed by atoms with E-state index in [9.17, 15) is 0 Å². The lowest BCUT2D eigenvalue weighted by Crippen LogP contribution is -2.00. The van der Waals surface area contributed by atoms with E-state index in [1.165, 1.54) is 6.33 Å². The zero-order valence-corrected chi connectivity index (χ0v) is 9.56. The second-order valence-corrected chi connectivity index (χ2v) is 3.72. The van der Waals surface area contributed by atoms with Crippen molar-refractivity contribution in [1.29, 1.82) is 0 Å². The molecule has 6 heteroatoms. The molecule has 0 bridgehead atoms. The number of aryl methyl sites for hydroxylation is 1. The lowest BCUT2D eigenvalue weighted by Gasteiger charge is -2.04. The molecule has 5 nitrogen and oxygen atoms in total. The van der Waals surface area contributed by atoms with E-state index in [4.69, 9.17) is 5.73 Å². The van der Waals surface area contributed by atoms with Gasteiger partial charge in [0.2, 0.25) is 0 Å². The van der Waals surface area contributed by atoms with E-state index >= 15 is 0 Å². The Balaban J connectivity index is 2.56. The lowest BCUT2D eigenvalue weighted by atomic mass is 10.3. The minimum absolute atomic E-state index is 0.413. The van der Waals surface area contributed by atoms with Crippen LogP contribution in [0.25, 0.3) is 11.5 Å². The van der Waals surface area contributed by atoms with E-state index in [0.29, 0.717) is 17.3 Å². The summed E-state index contributed by atoms with van der Waals surface area (Å²) in [5, 5.41) is 0. The number of nitrogen functional groups attached to an aromatic ring is 1. The highest BCUT2D eigenvalue weighted by Gasteiger charge is 2.08. The first-order valence-corrected chi connectivity index (χ1v) is 5.04. The van der Waals surface area contributed by atoms with Gasteiger partial charge in [0.05, 0.1) is 10.2 Å². The predicted octanol–water partition coefficient (Wildman–Crippen LogP) is 1.59. The summed E-state index contributed by atoms with van der Waals surface area (Å²) in [7, 11) is 0. The fourth-order valence-electron chi connectivity index (χ4n) is 1.12. The third-order valence-corrected chi connectivity index (χ3v) is 2.83. The van der Waals surface area contributed by atoms with Gasteiger partial charge in [-0.2, -0.15) is 0 Å². The van der Waals surface area contributed by atoms with Crippen LogP contribution < -0.4 is 5.73 Å². The zero-order chi connectivity index (χ0) is 10.8. The van der Waals surface area contributed by atoms with Crippen LogP contribution in [0.4, 0.5) is 5.82 Å². The van der Waals surface area contributed by atoms with Crippen molar-refractivity contribution in [1.82, 2.24) is 19.9 Å². The zero-order valence-electron chi connectivity index (χ0n) is 7.98. The van der Waals surface area contributed by atoms with Crippen LogP contribution >= 0.6 is 15.9 Å². The summed E-state index contributed by atoms with van der Waals surface area (Å²) in [6, 6.07) is 1.74. The second-order valence-electron chi connectivity index (χ2n) is 2.93. The molecule has 2 N–H and O–H groups in total. The SMILES string of the molecule is Cc1nc(-c2ccncn2)nc(N)c1Br. The molecule has 2 heterocycles. The van der Waals surface area contributed by atoms with E-state index in [1.807, 2.05) is 6.92 Å². The Labute approximate surface area is 94.9 Å². The summed E-state index contributed by atoms with van der Waals surface area (Å²) in [5.41, 5.74) is 7.17. The van der Waals surface area contributed by atoms with Gasteiger partial charge in [0, 0.05) is 6.20 Å². The molecule has 0 saturated heterocycles. The van der Waals surface area contributed by atoms with Gasteiger partial charge in [0.25, 0.3) is 0 Å². The smallest absolute Gasteiger partial charge is 0.180 e. The molecule has 0 fully saturated rings. The van der Waals surface area contributed by atoms with Gasteiger partial charge in [-0.15, -0.1) is 0 Å². The van der Waals surface area contributed by atoms with Crippen molar-refractivity contribution in [2.24, 2.45) is 0 Å². The number of aromatic nitrogens is 4. The molecule has 0 aliphatic carbocycles. The summed E-state index contributed by atoms with van der Waals surface area (Å²) in [6.07, 6.45) is 3.09. The minimum Gasteiger partial charge on any atom is -0.383 e. The van der Waals surface area contributed by atoms with Gasteiger partial charge in [0.15, 0.2) is 5.82 Å². The van der Waals surface area contributed by atoms with Crippen molar-refractivity contribution >= 4 is 21.7 Å². The standard InChI is InChI=1S/C9H8BrN5/c1-5-7(10)8(11)15-9(14-5)6-2-3-12-4-13-6/h2-4H,1H3,(H2,11,14,15). The molecule has 2 aromatic heterocycles. The Morgan fingerprint density at radius 1 is 1.33 bits per heavy atom. The molecule has 0 aliphatic heterocycles. The molecule has 15 heavy (non-hydrogen) atoms. The quantitative estimate of drug-likeness (QED) is 0.847. The van der Waals surface area contributed by atoms with Crippen LogP contribution in [0.5, 0.6) is 0 Å². The highest BCUT2D eigenvalue weighted by molar-refractivity contribution is 9.10. The third-order valence-electron chi connectivity index (χ3n) is 1.85. The summed E-state index contributed by atoms with van der Waals surface area (Å²) in [5.74, 6) is 0.923. The number of nitrogens with two attached hydrogens (primary N) is 1. The maximum atomic E-state index is 5.72. The molecule has 0 atom stereocenters. The van der Waals surface area contributed by atoms with E-state index < -0.39 is 0 Å². The largest absolute Gasteiger partial charge is 0.383 e. The Kier molecular flexibility index (Phi) is 2.59. The van der Waals surface area contributed by atoms with Crippen LogP contribution in [0.1, 0.15) is 5.69 Å². The van der Waals surface area contributed by atoms with Crippen LogP contribution in [-0.4, -0.2) is 19.9 Å². The molecule has 0 radical (unpaired) electrons. The van der Waals surface area contributed by atoms with Crippen molar-refractivity contribution in [2.45, 2.75) is 6.92 Å². The van der Waals surface area contributed by atoms with Crippen LogP contribution in [0.15, 0.2) is 23.1 Å². The molecule has 0 aliphatic rings. The average molecular weight is 266 g/mol. The molecule has 2 aromatic rings. The number of hydrogen-bond acceptors (Lipinski definition) is 5. The van der Waals surface area contributed by atoms with Gasteiger partial charge in [0.1, 0.15) is 17.8 Å². The molecule has 0 spiro atoms. The van der Waals surface area contributed by atoms with Gasteiger partial charge in [-0.25, -0.2) is 19.9 Å². The van der Waals surface area contributed by atoms with Gasteiger partial charge in [-0.3, -0.25) is 0 Å². The fraction of sp³-hybridized carbons (Fsp3) is 0.111. The Morgan fingerprint density at radius 2 is 2.13 bits per heavy atom. The highest BCUT2D eigenvalue weighted by atomic mass is 79.9. The third kappa shape index (κ3) is 1.94. The maximum Gasteiger partial charge on any atom is 0.180 e. The molecular formula is C9H8BrN5. The highest BCUT2D eigenvalue weighted by Crippen LogP contribution is 2.23. The van der Waals surface area contributed by atoms with Gasteiger partial charge < -0.3 is 5.73 Å². The predicted molar refractivity (Wildman–Crippen MR) is 59.9 cm³/mol. The molecule has 2 rings (SSSR count). The molecule has 0 aromatic carbocycles. The monoisotopic (exact) mass is 265 g/mol. The van der Waals surface area contributed by atoms with Crippen molar-refractivity contribution < 1.29 is 0 Å². The van der Waals surface area contributed by atoms with Crippen molar-refractivity contribution in [3.05, 3.63) is 28.8 Å². The Morgan fingerprint density at radius 3 is 2.73 bits per heavy atom. The first-order valence-electron chi connectivity index (χ1n) is 4.24. The van der Waals surface area contributed by atoms with E-state index in [0.717, 1.165) is 10.2 Å². The second kappa shape index (κ2) is 3.90. The Bertz CT molecular complexity index is 462. The van der Waals surface area contributed by atoms with E-state index in [2.05, 4.69) is 35.9 Å². The maximum absolute atomic E-state index is 5.72.